The maximum absolute atomic E-state index is 11.8. The molecule has 4 nitrogen and oxygen atoms in total. The van der Waals surface area contributed by atoms with Crippen LogP contribution < -0.4 is 5.32 Å². The molecular weight excluding hydrogens is 192 g/mol. The maximum atomic E-state index is 11.8. The van der Waals surface area contributed by atoms with Crippen molar-refractivity contribution in [2.45, 2.75) is 45.3 Å². The second-order valence-electron chi connectivity index (χ2n) is 5.05. The van der Waals surface area contributed by atoms with Gasteiger partial charge in [0.1, 0.15) is 5.60 Å². The van der Waals surface area contributed by atoms with Gasteiger partial charge in [0.25, 0.3) is 0 Å². The zero-order valence-corrected chi connectivity index (χ0v) is 10.2. The Hall–Kier alpha value is -0.770. The van der Waals surface area contributed by atoms with Crippen molar-refractivity contribution in [3.63, 3.8) is 0 Å². The molecule has 0 aromatic heterocycles. The zero-order chi connectivity index (χ0) is 11.5. The maximum Gasteiger partial charge on any atom is 0.410 e. The minimum atomic E-state index is -0.399. The number of rotatable bonds is 1. The average Bonchev–Trinajstić information content (AvgIpc) is 2.15. The molecule has 0 aromatic carbocycles. The highest BCUT2D eigenvalue weighted by atomic mass is 16.6. The van der Waals surface area contributed by atoms with Crippen molar-refractivity contribution in [2.75, 3.05) is 20.1 Å². The number of likely N-dealkylation sites (tertiary alicyclic amines) is 1. The summed E-state index contributed by atoms with van der Waals surface area (Å²) in [5.41, 5.74) is -0.399. The second kappa shape index (κ2) is 4.84. The van der Waals surface area contributed by atoms with E-state index >= 15 is 0 Å². The molecule has 1 heterocycles. The highest BCUT2D eigenvalue weighted by molar-refractivity contribution is 5.68. The lowest BCUT2D eigenvalue weighted by atomic mass is 10.1. The largest absolute Gasteiger partial charge is 0.444 e. The standard InChI is InChI=1S/C11H22N2O2/c1-11(2,3)15-10(14)13-7-5-6-9(8-13)12-4/h9,12H,5-8H2,1-4H3/t9-/m1/s1. The van der Waals surface area contributed by atoms with Gasteiger partial charge in [-0.1, -0.05) is 0 Å². The summed E-state index contributed by atoms with van der Waals surface area (Å²) in [4.78, 5) is 13.5. The predicted octanol–water partition coefficient (Wildman–Crippen LogP) is 1.61. The molecule has 1 aliphatic heterocycles. The van der Waals surface area contributed by atoms with Gasteiger partial charge in [-0.25, -0.2) is 4.79 Å². The molecule has 0 saturated carbocycles. The van der Waals surface area contributed by atoms with Crippen molar-refractivity contribution >= 4 is 6.09 Å². The van der Waals surface area contributed by atoms with Gasteiger partial charge in [0.05, 0.1) is 0 Å². The lowest BCUT2D eigenvalue weighted by Crippen LogP contribution is -2.48. The van der Waals surface area contributed by atoms with Crippen molar-refractivity contribution in [2.24, 2.45) is 0 Å². The summed E-state index contributed by atoms with van der Waals surface area (Å²) in [5.74, 6) is 0. The van der Waals surface area contributed by atoms with Crippen molar-refractivity contribution in [3.8, 4) is 0 Å². The highest BCUT2D eigenvalue weighted by Gasteiger charge is 2.26. The van der Waals surface area contributed by atoms with Crippen LogP contribution in [0.5, 0.6) is 0 Å². The van der Waals surface area contributed by atoms with Crippen molar-refractivity contribution in [3.05, 3.63) is 0 Å². The van der Waals surface area contributed by atoms with Gasteiger partial charge in [-0.05, 0) is 40.7 Å². The zero-order valence-electron chi connectivity index (χ0n) is 10.2. The summed E-state index contributed by atoms with van der Waals surface area (Å²) < 4.78 is 5.33. The minimum Gasteiger partial charge on any atom is -0.444 e. The first-order chi connectivity index (χ1) is 6.92. The Morgan fingerprint density at radius 3 is 2.67 bits per heavy atom. The van der Waals surface area contributed by atoms with E-state index in [1.54, 1.807) is 4.90 Å². The summed E-state index contributed by atoms with van der Waals surface area (Å²) in [7, 11) is 1.93. The third-order valence-corrected chi connectivity index (χ3v) is 2.48. The van der Waals surface area contributed by atoms with E-state index in [0.717, 1.165) is 25.9 Å². The fourth-order valence-corrected chi connectivity index (χ4v) is 1.71. The van der Waals surface area contributed by atoms with Crippen molar-refractivity contribution in [1.82, 2.24) is 10.2 Å². The molecule has 0 aromatic rings. The highest BCUT2D eigenvalue weighted by Crippen LogP contribution is 2.14. The fraction of sp³-hybridized carbons (Fsp3) is 0.909. The molecule has 0 spiro atoms. The summed E-state index contributed by atoms with van der Waals surface area (Å²) >= 11 is 0. The molecule has 1 N–H and O–H groups in total. The number of nitrogens with one attached hydrogen (secondary N) is 1. The quantitative estimate of drug-likeness (QED) is 0.721. The molecule has 1 saturated heterocycles. The lowest BCUT2D eigenvalue weighted by Gasteiger charge is -2.33. The van der Waals surface area contributed by atoms with Gasteiger partial charge in [-0.2, -0.15) is 0 Å². The van der Waals surface area contributed by atoms with Crippen LogP contribution in [0.4, 0.5) is 4.79 Å². The van der Waals surface area contributed by atoms with Crippen LogP contribution in [0.3, 0.4) is 0 Å². The lowest BCUT2D eigenvalue weighted by molar-refractivity contribution is 0.0190. The number of amides is 1. The first-order valence-corrected chi connectivity index (χ1v) is 5.57. The van der Waals surface area contributed by atoms with Crippen LogP contribution in [-0.4, -0.2) is 42.8 Å². The van der Waals surface area contributed by atoms with Crippen LogP contribution in [0.1, 0.15) is 33.6 Å². The Kier molecular flexibility index (Phi) is 3.97. The van der Waals surface area contributed by atoms with Gasteiger partial charge < -0.3 is 15.0 Å². The van der Waals surface area contributed by atoms with Gasteiger partial charge in [-0.15, -0.1) is 0 Å². The van der Waals surface area contributed by atoms with Gasteiger partial charge in [-0.3, -0.25) is 0 Å². The normalized spacial score (nSPS) is 22.7. The van der Waals surface area contributed by atoms with Crippen LogP contribution in [0, 0.1) is 0 Å². The van der Waals surface area contributed by atoms with Gasteiger partial charge in [0.2, 0.25) is 0 Å². The van der Waals surface area contributed by atoms with Crippen LogP contribution in [0.2, 0.25) is 0 Å². The molecular formula is C11H22N2O2. The molecule has 88 valence electrons. The molecule has 0 aliphatic carbocycles. The molecule has 1 fully saturated rings. The smallest absolute Gasteiger partial charge is 0.410 e. The van der Waals surface area contributed by atoms with Crippen LogP contribution in [-0.2, 0) is 4.74 Å². The first-order valence-electron chi connectivity index (χ1n) is 5.57. The van der Waals surface area contributed by atoms with E-state index in [0.29, 0.717) is 6.04 Å². The number of hydrogen-bond donors (Lipinski definition) is 1. The molecule has 0 bridgehead atoms. The molecule has 1 atom stereocenters. The molecule has 1 rings (SSSR count). The van der Waals surface area contributed by atoms with E-state index in [9.17, 15) is 4.79 Å². The van der Waals surface area contributed by atoms with Gasteiger partial charge in [0, 0.05) is 19.1 Å². The fourth-order valence-electron chi connectivity index (χ4n) is 1.71. The molecule has 1 aliphatic rings. The third kappa shape index (κ3) is 4.08. The molecule has 4 heteroatoms. The number of carbonyl (C=O) groups is 1. The number of carbonyl (C=O) groups excluding carboxylic acids is 1. The Labute approximate surface area is 92.0 Å². The number of ether oxygens (including phenoxy) is 1. The first kappa shape index (κ1) is 12.3. The molecule has 0 unspecified atom stereocenters. The van der Waals surface area contributed by atoms with Crippen molar-refractivity contribution in [1.29, 1.82) is 0 Å². The Bertz CT molecular complexity index is 223. The second-order valence-corrected chi connectivity index (χ2v) is 5.05. The summed E-state index contributed by atoms with van der Waals surface area (Å²) in [6.07, 6.45) is 1.99. The van der Waals surface area contributed by atoms with E-state index in [2.05, 4.69) is 5.32 Å². The topological polar surface area (TPSA) is 41.6 Å². The van der Waals surface area contributed by atoms with Gasteiger partial charge in [0.15, 0.2) is 0 Å². The van der Waals surface area contributed by atoms with Crippen LogP contribution in [0.25, 0.3) is 0 Å². The monoisotopic (exact) mass is 214 g/mol. The Morgan fingerprint density at radius 1 is 1.47 bits per heavy atom. The summed E-state index contributed by atoms with van der Waals surface area (Å²) in [5, 5.41) is 3.20. The summed E-state index contributed by atoms with van der Waals surface area (Å²) in [6.45, 7) is 7.25. The number of nitrogens with zero attached hydrogens (tertiary/aromatic N) is 1. The van der Waals surface area contributed by atoms with E-state index in [1.807, 2.05) is 27.8 Å². The summed E-state index contributed by atoms with van der Waals surface area (Å²) in [6, 6.07) is 0.409. The molecule has 15 heavy (non-hydrogen) atoms. The Balaban J connectivity index is 2.45. The Morgan fingerprint density at radius 2 is 2.13 bits per heavy atom. The minimum absolute atomic E-state index is 0.192. The van der Waals surface area contributed by atoms with Crippen LogP contribution >= 0.6 is 0 Å². The van der Waals surface area contributed by atoms with Crippen LogP contribution in [0.15, 0.2) is 0 Å². The van der Waals surface area contributed by atoms with E-state index in [-0.39, 0.29) is 6.09 Å². The van der Waals surface area contributed by atoms with E-state index in [4.69, 9.17) is 4.74 Å². The third-order valence-electron chi connectivity index (χ3n) is 2.48. The van der Waals surface area contributed by atoms with Crippen molar-refractivity contribution < 1.29 is 9.53 Å². The van der Waals surface area contributed by atoms with Gasteiger partial charge >= 0.3 is 6.09 Å². The average molecular weight is 214 g/mol. The number of hydrogen-bond acceptors (Lipinski definition) is 3. The number of likely N-dealkylation sites (N-methyl/N-ethyl adjacent to an activating group) is 1. The number of piperidine rings is 1. The molecule has 0 radical (unpaired) electrons. The van der Waals surface area contributed by atoms with E-state index in [1.165, 1.54) is 0 Å². The molecule has 1 amide bonds. The van der Waals surface area contributed by atoms with E-state index < -0.39 is 5.60 Å². The predicted molar refractivity (Wildman–Crippen MR) is 59.9 cm³/mol. The SMILES string of the molecule is CN[C@@H]1CCCN(C(=O)OC(C)(C)C)C1.